The lowest BCUT2D eigenvalue weighted by molar-refractivity contribution is -0.134. The zero-order chi connectivity index (χ0) is 19.7. The van der Waals surface area contributed by atoms with E-state index in [0.29, 0.717) is 25.3 Å². The van der Waals surface area contributed by atoms with Crippen molar-refractivity contribution in [3.63, 3.8) is 0 Å². The Balaban J connectivity index is 1.79. The first kappa shape index (κ1) is 18.7. The molecule has 0 saturated carbocycles. The molecule has 1 spiro atoms. The highest BCUT2D eigenvalue weighted by atomic mass is 16.2. The fourth-order valence-corrected chi connectivity index (χ4v) is 4.90. The van der Waals surface area contributed by atoms with Crippen LogP contribution in [-0.4, -0.2) is 28.2 Å². The zero-order valence-electron chi connectivity index (χ0n) is 16.5. The number of benzene rings is 1. The van der Waals surface area contributed by atoms with Crippen LogP contribution in [0.4, 0.5) is 5.69 Å². The molecular weight excluding hydrogens is 350 g/mol. The van der Waals surface area contributed by atoms with Crippen molar-refractivity contribution < 1.29 is 9.59 Å². The topological polar surface area (TPSA) is 62.3 Å². The number of anilines is 1. The molecule has 1 saturated heterocycles. The van der Waals surface area contributed by atoms with Gasteiger partial charge in [-0.3, -0.25) is 14.6 Å². The lowest BCUT2D eigenvalue weighted by atomic mass is 9.73. The number of fused-ring (bicyclic) bond motifs is 2. The van der Waals surface area contributed by atoms with E-state index in [1.807, 2.05) is 41.3 Å². The van der Waals surface area contributed by atoms with Gasteiger partial charge < -0.3 is 10.2 Å². The summed E-state index contributed by atoms with van der Waals surface area (Å²) in [7, 11) is 0. The Labute approximate surface area is 166 Å². The Morgan fingerprint density at radius 1 is 1.25 bits per heavy atom. The molecule has 5 nitrogen and oxygen atoms in total. The minimum Gasteiger partial charge on any atom is -0.334 e. The van der Waals surface area contributed by atoms with Crippen LogP contribution in [0.1, 0.15) is 56.7 Å². The Morgan fingerprint density at radius 3 is 2.75 bits per heavy atom. The van der Waals surface area contributed by atoms with Gasteiger partial charge in [0, 0.05) is 31.0 Å². The SMILES string of the molecule is CCC(CC)CC(=O)N1CCC2(C(=O)Nc3ccccc32)C1c1cccnc1. The van der Waals surface area contributed by atoms with Gasteiger partial charge in [0.25, 0.3) is 0 Å². The summed E-state index contributed by atoms with van der Waals surface area (Å²) in [6.07, 6.45) is 6.66. The standard InChI is InChI=1S/C23H27N3O2/c1-3-16(4-2)14-20(27)26-13-11-23(21(26)17-8-7-12-24-15-17)18-9-5-6-10-19(18)25-22(23)28/h5-10,12,15-16,21H,3-4,11,13-14H2,1-2H3,(H,25,28). The molecule has 0 bridgehead atoms. The summed E-state index contributed by atoms with van der Waals surface area (Å²) >= 11 is 0. The third-order valence-corrected chi connectivity index (χ3v) is 6.53. The van der Waals surface area contributed by atoms with Crippen molar-refractivity contribution in [2.24, 2.45) is 5.92 Å². The average molecular weight is 377 g/mol. The highest BCUT2D eigenvalue weighted by molar-refractivity contribution is 6.07. The van der Waals surface area contributed by atoms with E-state index in [9.17, 15) is 9.59 Å². The minimum atomic E-state index is -0.747. The van der Waals surface area contributed by atoms with Crippen molar-refractivity contribution in [3.8, 4) is 0 Å². The number of aromatic nitrogens is 1. The smallest absolute Gasteiger partial charge is 0.237 e. The lowest BCUT2D eigenvalue weighted by Gasteiger charge is -2.34. The summed E-state index contributed by atoms with van der Waals surface area (Å²) in [6, 6.07) is 11.4. The zero-order valence-corrected chi connectivity index (χ0v) is 16.5. The normalized spacial score (nSPS) is 23.3. The monoisotopic (exact) mass is 377 g/mol. The number of carbonyl (C=O) groups excluding carboxylic acids is 2. The highest BCUT2D eigenvalue weighted by Crippen LogP contribution is 2.54. The quantitative estimate of drug-likeness (QED) is 0.854. The van der Waals surface area contributed by atoms with Gasteiger partial charge >= 0.3 is 0 Å². The predicted octanol–water partition coefficient (Wildman–Crippen LogP) is 4.07. The molecule has 2 unspecified atom stereocenters. The number of para-hydroxylation sites is 1. The number of amides is 2. The summed E-state index contributed by atoms with van der Waals surface area (Å²) in [5.74, 6) is 0.500. The van der Waals surface area contributed by atoms with E-state index >= 15 is 0 Å². The van der Waals surface area contributed by atoms with Crippen molar-refractivity contribution in [2.75, 3.05) is 11.9 Å². The predicted molar refractivity (Wildman–Crippen MR) is 109 cm³/mol. The van der Waals surface area contributed by atoms with Crippen LogP contribution in [0, 0.1) is 5.92 Å². The van der Waals surface area contributed by atoms with Gasteiger partial charge in [0.1, 0.15) is 5.41 Å². The summed E-state index contributed by atoms with van der Waals surface area (Å²) in [5, 5.41) is 3.06. The first-order valence-electron chi connectivity index (χ1n) is 10.2. The van der Waals surface area contributed by atoms with Crippen molar-refractivity contribution in [1.82, 2.24) is 9.88 Å². The highest BCUT2D eigenvalue weighted by Gasteiger charge is 2.59. The van der Waals surface area contributed by atoms with Gasteiger partial charge in [-0.25, -0.2) is 0 Å². The molecule has 1 fully saturated rings. The molecule has 2 aliphatic rings. The number of rotatable bonds is 5. The van der Waals surface area contributed by atoms with E-state index in [0.717, 1.165) is 29.7 Å². The van der Waals surface area contributed by atoms with Crippen LogP contribution in [0.3, 0.4) is 0 Å². The van der Waals surface area contributed by atoms with Crippen LogP contribution in [0.5, 0.6) is 0 Å². The first-order valence-corrected chi connectivity index (χ1v) is 10.2. The van der Waals surface area contributed by atoms with Crippen LogP contribution in [0.25, 0.3) is 0 Å². The van der Waals surface area contributed by atoms with Gasteiger partial charge in [-0.2, -0.15) is 0 Å². The molecule has 2 amide bonds. The van der Waals surface area contributed by atoms with Gasteiger partial charge in [-0.15, -0.1) is 0 Å². The second-order valence-electron chi connectivity index (χ2n) is 7.88. The Kier molecular flexibility index (Phi) is 4.92. The van der Waals surface area contributed by atoms with Gasteiger partial charge in [0.15, 0.2) is 0 Å². The Hall–Kier alpha value is -2.69. The van der Waals surface area contributed by atoms with E-state index in [1.54, 1.807) is 12.4 Å². The molecule has 5 heteroatoms. The molecule has 2 aliphatic heterocycles. The van der Waals surface area contributed by atoms with Crippen LogP contribution in [-0.2, 0) is 15.0 Å². The van der Waals surface area contributed by atoms with Crippen LogP contribution in [0.2, 0.25) is 0 Å². The number of carbonyl (C=O) groups is 2. The summed E-state index contributed by atoms with van der Waals surface area (Å²) in [5.41, 5.74) is 2.02. The molecule has 3 heterocycles. The number of likely N-dealkylation sites (tertiary alicyclic amines) is 1. The van der Waals surface area contributed by atoms with E-state index in [1.165, 1.54) is 0 Å². The van der Waals surface area contributed by atoms with Crippen molar-refractivity contribution in [3.05, 3.63) is 59.9 Å². The third kappa shape index (κ3) is 2.81. The fourth-order valence-electron chi connectivity index (χ4n) is 4.90. The van der Waals surface area contributed by atoms with E-state index < -0.39 is 5.41 Å². The molecule has 1 N–H and O–H groups in total. The number of hydrogen-bond acceptors (Lipinski definition) is 3. The molecule has 4 rings (SSSR count). The second-order valence-corrected chi connectivity index (χ2v) is 7.88. The maximum absolute atomic E-state index is 13.3. The molecule has 28 heavy (non-hydrogen) atoms. The fraction of sp³-hybridized carbons (Fsp3) is 0.435. The molecule has 0 aliphatic carbocycles. The van der Waals surface area contributed by atoms with Crippen molar-refractivity contribution in [2.45, 2.75) is 51.0 Å². The molecule has 0 radical (unpaired) electrons. The molecule has 1 aromatic heterocycles. The number of nitrogens with one attached hydrogen (secondary N) is 1. The summed E-state index contributed by atoms with van der Waals surface area (Å²) in [6.45, 7) is 4.85. The average Bonchev–Trinajstić information content (AvgIpc) is 3.26. The number of hydrogen-bond donors (Lipinski definition) is 1. The Bertz CT molecular complexity index is 878. The maximum Gasteiger partial charge on any atom is 0.237 e. The Morgan fingerprint density at radius 2 is 2.04 bits per heavy atom. The maximum atomic E-state index is 13.3. The van der Waals surface area contributed by atoms with Gasteiger partial charge in [-0.05, 0) is 35.6 Å². The first-order chi connectivity index (χ1) is 13.6. The molecule has 2 aromatic rings. The van der Waals surface area contributed by atoms with Crippen molar-refractivity contribution in [1.29, 1.82) is 0 Å². The van der Waals surface area contributed by atoms with E-state index in [-0.39, 0.29) is 17.9 Å². The van der Waals surface area contributed by atoms with E-state index in [2.05, 4.69) is 24.1 Å². The minimum absolute atomic E-state index is 0.0135. The van der Waals surface area contributed by atoms with Crippen LogP contribution < -0.4 is 5.32 Å². The third-order valence-electron chi connectivity index (χ3n) is 6.53. The summed E-state index contributed by atoms with van der Waals surface area (Å²) < 4.78 is 0. The molecule has 146 valence electrons. The van der Waals surface area contributed by atoms with Crippen LogP contribution >= 0.6 is 0 Å². The molecular formula is C23H27N3O2. The van der Waals surface area contributed by atoms with Gasteiger partial charge in [0.05, 0.1) is 6.04 Å². The van der Waals surface area contributed by atoms with Gasteiger partial charge in [0.2, 0.25) is 11.8 Å². The van der Waals surface area contributed by atoms with Crippen LogP contribution in [0.15, 0.2) is 48.8 Å². The molecule has 1 aromatic carbocycles. The summed E-state index contributed by atoms with van der Waals surface area (Å²) in [4.78, 5) is 32.8. The number of pyridine rings is 1. The number of nitrogens with zero attached hydrogens (tertiary/aromatic N) is 2. The molecule has 2 atom stereocenters. The largest absolute Gasteiger partial charge is 0.334 e. The van der Waals surface area contributed by atoms with Gasteiger partial charge in [-0.1, -0.05) is 51.0 Å². The lowest BCUT2D eigenvalue weighted by Crippen LogP contribution is -2.43. The van der Waals surface area contributed by atoms with E-state index in [4.69, 9.17) is 0 Å². The second kappa shape index (κ2) is 7.38. The van der Waals surface area contributed by atoms with Crippen molar-refractivity contribution >= 4 is 17.5 Å².